The van der Waals surface area contributed by atoms with E-state index in [1.807, 2.05) is 6.92 Å². The van der Waals surface area contributed by atoms with E-state index in [0.29, 0.717) is 11.6 Å². The summed E-state index contributed by atoms with van der Waals surface area (Å²) in [5, 5.41) is 3.87. The van der Waals surface area contributed by atoms with E-state index in [4.69, 9.17) is 11.5 Å². The Hall–Kier alpha value is -1.85. The molecule has 1 aromatic heterocycles. The number of hydrogen-bond acceptors (Lipinski definition) is 5. The summed E-state index contributed by atoms with van der Waals surface area (Å²) in [6.45, 7) is 3.63. The Morgan fingerprint density at radius 2 is 2.14 bits per heavy atom. The molecule has 0 atom stereocenters. The van der Waals surface area contributed by atoms with Gasteiger partial charge in [-0.25, -0.2) is 9.67 Å². The van der Waals surface area contributed by atoms with Gasteiger partial charge in [-0.05, 0) is 19.9 Å². The van der Waals surface area contributed by atoms with Gasteiger partial charge in [0.1, 0.15) is 0 Å². The van der Waals surface area contributed by atoms with E-state index in [9.17, 15) is 0 Å². The van der Waals surface area contributed by atoms with Crippen LogP contribution in [0.3, 0.4) is 0 Å². The molecular weight excluding hydrogens is 180 g/mol. The van der Waals surface area contributed by atoms with Gasteiger partial charge in [-0.2, -0.15) is 4.98 Å². The summed E-state index contributed by atoms with van der Waals surface area (Å²) in [4.78, 5) is 8.12. The molecule has 6 heteroatoms. The van der Waals surface area contributed by atoms with Crippen LogP contribution in [0.2, 0.25) is 0 Å². The molecule has 0 aliphatic rings. The molecule has 0 fully saturated rings. The third kappa shape index (κ3) is 2.58. The Bertz CT molecular complexity index is 383. The second-order valence-corrected chi connectivity index (χ2v) is 3.04. The van der Waals surface area contributed by atoms with Gasteiger partial charge in [-0.15, -0.1) is 5.10 Å². The monoisotopic (exact) mass is 194 g/mol. The smallest absolute Gasteiger partial charge is 0.249 e. The Morgan fingerprint density at radius 1 is 1.50 bits per heavy atom. The summed E-state index contributed by atoms with van der Waals surface area (Å²) in [7, 11) is 1.73. The second kappa shape index (κ2) is 3.91. The fourth-order valence-corrected chi connectivity index (χ4v) is 1.01. The van der Waals surface area contributed by atoms with Crippen molar-refractivity contribution in [3.63, 3.8) is 0 Å². The number of nitrogen functional groups attached to an aromatic ring is 1. The first-order chi connectivity index (χ1) is 6.49. The lowest BCUT2D eigenvalue weighted by Gasteiger charge is -1.94. The third-order valence-electron chi connectivity index (χ3n) is 1.47. The first kappa shape index (κ1) is 10.2. The fraction of sp³-hybridized carbons (Fsp3) is 0.375. The van der Waals surface area contributed by atoms with Crippen LogP contribution in [0.1, 0.15) is 13.8 Å². The molecule has 1 rings (SSSR count). The number of anilines is 1. The minimum Gasteiger partial charge on any atom is -0.402 e. The zero-order valence-electron chi connectivity index (χ0n) is 8.52. The highest BCUT2D eigenvalue weighted by Gasteiger charge is 2.01. The van der Waals surface area contributed by atoms with E-state index >= 15 is 0 Å². The van der Waals surface area contributed by atoms with Gasteiger partial charge >= 0.3 is 0 Å². The molecule has 0 unspecified atom stereocenters. The fourth-order valence-electron chi connectivity index (χ4n) is 1.01. The Balaban J connectivity index is 2.97. The van der Waals surface area contributed by atoms with Crippen molar-refractivity contribution in [1.29, 1.82) is 0 Å². The number of hydrogen-bond donors (Lipinski definition) is 2. The molecule has 0 aliphatic heterocycles. The van der Waals surface area contributed by atoms with Crippen molar-refractivity contribution in [2.45, 2.75) is 13.8 Å². The van der Waals surface area contributed by atoms with Crippen LogP contribution < -0.4 is 11.5 Å². The molecule has 0 saturated carbocycles. The summed E-state index contributed by atoms with van der Waals surface area (Å²) in [6, 6.07) is 0. The van der Waals surface area contributed by atoms with Crippen LogP contribution in [0.25, 0.3) is 0 Å². The average Bonchev–Trinajstić information content (AvgIpc) is 2.28. The summed E-state index contributed by atoms with van der Waals surface area (Å²) in [5.74, 6) is 0.685. The van der Waals surface area contributed by atoms with Crippen LogP contribution in [0.4, 0.5) is 11.9 Å². The molecule has 76 valence electrons. The van der Waals surface area contributed by atoms with Gasteiger partial charge in [0, 0.05) is 18.5 Å². The standard InChI is InChI=1S/C8H14N6/c1-5(9)4-6(2)11-8-12-7(10)13-14(8)3/h4H,9H2,1-3H3,(H2,10,13)/b5-4+,11-6+. The number of aromatic nitrogens is 3. The minimum absolute atomic E-state index is 0.215. The SMILES string of the molecule is C/C(N)=C\C(C)=N\c1nc(N)nn1C. The largest absolute Gasteiger partial charge is 0.402 e. The van der Waals surface area contributed by atoms with Crippen molar-refractivity contribution in [2.75, 3.05) is 5.73 Å². The maximum atomic E-state index is 5.50. The normalized spacial score (nSPS) is 13.4. The molecule has 0 aromatic carbocycles. The Morgan fingerprint density at radius 3 is 2.57 bits per heavy atom. The van der Waals surface area contributed by atoms with E-state index < -0.39 is 0 Å². The highest BCUT2D eigenvalue weighted by molar-refractivity contribution is 5.94. The van der Waals surface area contributed by atoms with Gasteiger partial charge in [0.15, 0.2) is 0 Å². The summed E-state index contributed by atoms with van der Waals surface area (Å²) in [5.41, 5.74) is 12.4. The van der Waals surface area contributed by atoms with E-state index in [2.05, 4.69) is 15.1 Å². The van der Waals surface area contributed by atoms with Gasteiger partial charge in [0.2, 0.25) is 11.9 Å². The Kier molecular flexibility index (Phi) is 2.85. The predicted molar refractivity (Wildman–Crippen MR) is 56.1 cm³/mol. The van der Waals surface area contributed by atoms with Gasteiger partial charge in [0.25, 0.3) is 0 Å². The number of nitrogens with zero attached hydrogens (tertiary/aromatic N) is 4. The van der Waals surface area contributed by atoms with E-state index in [0.717, 1.165) is 5.71 Å². The number of allylic oxidation sites excluding steroid dienone is 2. The van der Waals surface area contributed by atoms with E-state index in [-0.39, 0.29) is 5.95 Å². The highest BCUT2D eigenvalue weighted by atomic mass is 15.4. The number of nitrogens with two attached hydrogens (primary N) is 2. The maximum absolute atomic E-state index is 5.50. The molecule has 0 aliphatic carbocycles. The molecule has 0 bridgehead atoms. The van der Waals surface area contributed by atoms with Gasteiger partial charge in [-0.3, -0.25) is 0 Å². The summed E-state index contributed by atoms with van der Waals surface area (Å²) < 4.78 is 1.51. The van der Waals surface area contributed by atoms with Crippen LogP contribution in [0.15, 0.2) is 16.8 Å². The van der Waals surface area contributed by atoms with Crippen LogP contribution in [0, 0.1) is 0 Å². The third-order valence-corrected chi connectivity index (χ3v) is 1.47. The predicted octanol–water partition coefficient (Wildman–Crippen LogP) is 0.352. The molecule has 1 aromatic rings. The summed E-state index contributed by atoms with van der Waals surface area (Å²) >= 11 is 0. The number of aryl methyl sites for hydroxylation is 1. The number of rotatable bonds is 2. The molecular formula is C8H14N6. The molecule has 6 nitrogen and oxygen atoms in total. The zero-order valence-corrected chi connectivity index (χ0v) is 8.52. The lowest BCUT2D eigenvalue weighted by atomic mass is 10.3. The molecule has 0 spiro atoms. The van der Waals surface area contributed by atoms with Crippen molar-refractivity contribution < 1.29 is 0 Å². The number of aliphatic imine (C=N–C) groups is 1. The van der Waals surface area contributed by atoms with Crippen LogP contribution in [0.5, 0.6) is 0 Å². The quantitative estimate of drug-likeness (QED) is 0.664. The molecule has 0 saturated heterocycles. The zero-order chi connectivity index (χ0) is 10.7. The van der Waals surface area contributed by atoms with Crippen LogP contribution >= 0.6 is 0 Å². The van der Waals surface area contributed by atoms with Crippen molar-refractivity contribution in [3.8, 4) is 0 Å². The van der Waals surface area contributed by atoms with Crippen molar-refractivity contribution in [3.05, 3.63) is 11.8 Å². The van der Waals surface area contributed by atoms with Gasteiger partial charge < -0.3 is 11.5 Å². The molecule has 0 radical (unpaired) electrons. The first-order valence-electron chi connectivity index (χ1n) is 4.14. The molecule has 4 N–H and O–H groups in total. The maximum Gasteiger partial charge on any atom is 0.249 e. The van der Waals surface area contributed by atoms with Crippen molar-refractivity contribution >= 4 is 17.6 Å². The van der Waals surface area contributed by atoms with Gasteiger partial charge in [-0.1, -0.05) is 0 Å². The molecule has 1 heterocycles. The highest BCUT2D eigenvalue weighted by Crippen LogP contribution is 2.08. The lowest BCUT2D eigenvalue weighted by molar-refractivity contribution is 0.772. The molecule has 0 amide bonds. The van der Waals surface area contributed by atoms with Crippen LogP contribution in [-0.2, 0) is 7.05 Å². The topological polar surface area (TPSA) is 95.1 Å². The molecule has 14 heavy (non-hydrogen) atoms. The minimum atomic E-state index is 0.215. The van der Waals surface area contributed by atoms with Crippen LogP contribution in [-0.4, -0.2) is 20.5 Å². The Labute approximate surface area is 82.3 Å². The van der Waals surface area contributed by atoms with Crippen molar-refractivity contribution in [1.82, 2.24) is 14.8 Å². The van der Waals surface area contributed by atoms with Gasteiger partial charge in [0.05, 0.1) is 0 Å². The lowest BCUT2D eigenvalue weighted by Crippen LogP contribution is -1.96. The summed E-state index contributed by atoms with van der Waals surface area (Å²) in [6.07, 6.45) is 1.75. The van der Waals surface area contributed by atoms with E-state index in [1.54, 1.807) is 20.0 Å². The van der Waals surface area contributed by atoms with E-state index in [1.165, 1.54) is 4.68 Å². The average molecular weight is 194 g/mol. The first-order valence-corrected chi connectivity index (χ1v) is 4.14. The second-order valence-electron chi connectivity index (χ2n) is 3.04. The van der Waals surface area contributed by atoms with Crippen molar-refractivity contribution in [2.24, 2.45) is 17.8 Å².